The van der Waals surface area contributed by atoms with Gasteiger partial charge in [0.25, 0.3) is 5.56 Å². The maximum atomic E-state index is 12.9. The zero-order chi connectivity index (χ0) is 21.8. The Hall–Kier alpha value is -2.59. The number of carbonyl (C=O) groups is 1. The first kappa shape index (κ1) is 22.1. The minimum atomic E-state index is -0.430. The fourth-order valence-corrected chi connectivity index (χ4v) is 4.66. The summed E-state index contributed by atoms with van der Waals surface area (Å²) in [7, 11) is 1.80. The van der Waals surface area contributed by atoms with Crippen molar-refractivity contribution in [3.8, 4) is 5.69 Å². The molecule has 0 fully saturated rings. The lowest BCUT2D eigenvalue weighted by atomic mass is 10.2. The van der Waals surface area contributed by atoms with Crippen LogP contribution in [0.3, 0.4) is 0 Å². The van der Waals surface area contributed by atoms with Gasteiger partial charge in [0.1, 0.15) is 5.69 Å². The lowest BCUT2D eigenvalue weighted by Crippen LogP contribution is -2.27. The summed E-state index contributed by atoms with van der Waals surface area (Å²) in [6.45, 7) is 8.65. The molecule has 0 spiro atoms. The van der Waals surface area contributed by atoms with Crippen LogP contribution >= 0.6 is 23.1 Å². The molecule has 2 N–H and O–H groups in total. The van der Waals surface area contributed by atoms with Gasteiger partial charge in [0.15, 0.2) is 4.34 Å². The van der Waals surface area contributed by atoms with E-state index in [2.05, 4.69) is 34.7 Å². The minimum absolute atomic E-state index is 0.252. The number of hydrogen-bond donors (Lipinski definition) is 2. The summed E-state index contributed by atoms with van der Waals surface area (Å²) < 4.78 is 3.98. The van der Waals surface area contributed by atoms with Crippen molar-refractivity contribution in [2.45, 2.75) is 37.3 Å². The van der Waals surface area contributed by atoms with E-state index in [1.165, 1.54) is 23.1 Å². The van der Waals surface area contributed by atoms with E-state index in [1.807, 2.05) is 37.3 Å². The molecule has 8 nitrogen and oxygen atoms in total. The number of thioether (sulfide) groups is 1. The molecule has 0 bridgehead atoms. The normalized spacial score (nSPS) is 12.2. The van der Waals surface area contributed by atoms with Crippen molar-refractivity contribution in [3.63, 3.8) is 0 Å². The average Bonchev–Trinajstić information content (AvgIpc) is 3.25. The first-order valence-corrected chi connectivity index (χ1v) is 11.4. The molecule has 1 amide bonds. The van der Waals surface area contributed by atoms with E-state index < -0.39 is 5.25 Å². The number of hydrogen-bond acceptors (Lipinski definition) is 7. The molecule has 0 radical (unpaired) electrons. The number of nitrogens with zero attached hydrogens (tertiary/aromatic N) is 4. The third-order valence-electron chi connectivity index (χ3n) is 4.52. The molecule has 0 aliphatic heterocycles. The summed E-state index contributed by atoms with van der Waals surface area (Å²) in [6.07, 6.45) is 0. The molecular weight excluding hydrogens is 420 g/mol. The lowest BCUT2D eigenvalue weighted by Gasteiger charge is -2.09. The third kappa shape index (κ3) is 4.93. The molecule has 30 heavy (non-hydrogen) atoms. The molecule has 0 aliphatic carbocycles. The van der Waals surface area contributed by atoms with Gasteiger partial charge in [0, 0.05) is 13.6 Å². The first-order chi connectivity index (χ1) is 14.3. The van der Waals surface area contributed by atoms with E-state index in [4.69, 9.17) is 0 Å². The molecular formula is C20H26N6O2S2. The lowest BCUT2D eigenvalue weighted by molar-refractivity contribution is -0.115. The van der Waals surface area contributed by atoms with Crippen molar-refractivity contribution >= 4 is 39.8 Å². The fraction of sp³-hybridized carbons (Fsp3) is 0.400. The van der Waals surface area contributed by atoms with Gasteiger partial charge in [-0.1, -0.05) is 55.1 Å². The van der Waals surface area contributed by atoms with E-state index >= 15 is 0 Å². The van der Waals surface area contributed by atoms with Crippen molar-refractivity contribution in [1.29, 1.82) is 0 Å². The van der Waals surface area contributed by atoms with Gasteiger partial charge in [0.2, 0.25) is 11.0 Å². The van der Waals surface area contributed by atoms with Crippen LogP contribution in [0.2, 0.25) is 0 Å². The number of para-hydroxylation sites is 1. The van der Waals surface area contributed by atoms with Crippen LogP contribution in [-0.2, 0) is 11.8 Å². The van der Waals surface area contributed by atoms with Crippen LogP contribution < -0.4 is 16.2 Å². The van der Waals surface area contributed by atoms with Gasteiger partial charge < -0.3 is 10.6 Å². The Morgan fingerprint density at radius 1 is 1.20 bits per heavy atom. The van der Waals surface area contributed by atoms with Gasteiger partial charge in [-0.25, -0.2) is 4.68 Å². The Balaban J connectivity index is 1.71. The van der Waals surface area contributed by atoms with Gasteiger partial charge >= 0.3 is 0 Å². The van der Waals surface area contributed by atoms with Crippen molar-refractivity contribution < 1.29 is 4.79 Å². The van der Waals surface area contributed by atoms with E-state index in [-0.39, 0.29) is 17.2 Å². The Bertz CT molecular complexity index is 1070. The Morgan fingerprint density at radius 3 is 2.57 bits per heavy atom. The zero-order valence-corrected chi connectivity index (χ0v) is 19.3. The minimum Gasteiger partial charge on any atom is -0.360 e. The Labute approximate surface area is 183 Å². The molecule has 1 atom stereocenters. The largest absolute Gasteiger partial charge is 0.360 e. The highest BCUT2D eigenvalue weighted by atomic mass is 32.2. The summed E-state index contributed by atoms with van der Waals surface area (Å²) in [4.78, 5) is 25.7. The fourth-order valence-electron chi connectivity index (χ4n) is 2.76. The van der Waals surface area contributed by atoms with Crippen LogP contribution in [0.5, 0.6) is 0 Å². The quantitative estimate of drug-likeness (QED) is 0.514. The van der Waals surface area contributed by atoms with Gasteiger partial charge in [-0.3, -0.25) is 14.3 Å². The highest BCUT2D eigenvalue weighted by molar-refractivity contribution is 8.02. The summed E-state index contributed by atoms with van der Waals surface area (Å²) in [6, 6.07) is 9.33. The average molecular weight is 447 g/mol. The molecule has 160 valence electrons. The van der Waals surface area contributed by atoms with Crippen LogP contribution in [-0.4, -0.2) is 37.3 Å². The first-order valence-electron chi connectivity index (χ1n) is 9.66. The topological polar surface area (TPSA) is 93.8 Å². The number of benzene rings is 1. The third-order valence-corrected chi connectivity index (χ3v) is 6.58. The number of aromatic nitrogens is 4. The van der Waals surface area contributed by atoms with Crippen molar-refractivity contribution in [2.24, 2.45) is 13.0 Å². The number of anilines is 2. The van der Waals surface area contributed by atoms with Crippen molar-refractivity contribution in [2.75, 3.05) is 17.2 Å². The second-order valence-corrected chi connectivity index (χ2v) is 9.90. The standard InChI is InChI=1S/C20H26N6O2S2/c1-12(2)11-21-19-23-24-20(30-19)29-14(4)17(27)22-16-13(3)25(5)26(18(16)28)15-9-7-6-8-10-15/h6-10,12,14H,11H2,1-5H3,(H,21,23)(H,22,27)/t14-/m0/s1. The van der Waals surface area contributed by atoms with Crippen LogP contribution in [0.15, 0.2) is 39.5 Å². The van der Waals surface area contributed by atoms with Gasteiger partial charge in [-0.2, -0.15) is 0 Å². The number of rotatable bonds is 8. The summed E-state index contributed by atoms with van der Waals surface area (Å²) in [5.74, 6) is 0.252. The number of amides is 1. The van der Waals surface area contributed by atoms with Gasteiger partial charge in [0.05, 0.1) is 16.6 Å². The van der Waals surface area contributed by atoms with Crippen LogP contribution in [0, 0.1) is 12.8 Å². The van der Waals surface area contributed by atoms with Crippen LogP contribution in [0.1, 0.15) is 26.5 Å². The number of carbonyl (C=O) groups excluding carboxylic acids is 1. The van der Waals surface area contributed by atoms with Crippen LogP contribution in [0.25, 0.3) is 5.69 Å². The maximum absolute atomic E-state index is 12.9. The molecule has 2 heterocycles. The summed E-state index contributed by atoms with van der Waals surface area (Å²) in [5.41, 5.74) is 1.45. The molecule has 0 saturated heterocycles. The molecule has 0 saturated carbocycles. The second-order valence-electron chi connectivity index (χ2n) is 7.33. The van der Waals surface area contributed by atoms with Gasteiger partial charge in [-0.15, -0.1) is 10.2 Å². The van der Waals surface area contributed by atoms with E-state index in [0.717, 1.165) is 17.4 Å². The number of nitrogens with one attached hydrogen (secondary N) is 2. The summed E-state index contributed by atoms with van der Waals surface area (Å²) in [5, 5.41) is 14.6. The predicted molar refractivity (Wildman–Crippen MR) is 123 cm³/mol. The van der Waals surface area contributed by atoms with Crippen molar-refractivity contribution in [3.05, 3.63) is 46.4 Å². The van der Waals surface area contributed by atoms with E-state index in [1.54, 1.807) is 23.3 Å². The zero-order valence-electron chi connectivity index (χ0n) is 17.7. The Kier molecular flexibility index (Phi) is 6.99. The van der Waals surface area contributed by atoms with E-state index in [9.17, 15) is 9.59 Å². The molecule has 0 aliphatic rings. The maximum Gasteiger partial charge on any atom is 0.295 e. The molecule has 2 aromatic heterocycles. The Morgan fingerprint density at radius 2 is 1.90 bits per heavy atom. The smallest absolute Gasteiger partial charge is 0.295 e. The van der Waals surface area contributed by atoms with Gasteiger partial charge in [-0.05, 0) is 31.9 Å². The monoisotopic (exact) mass is 446 g/mol. The van der Waals surface area contributed by atoms with Crippen LogP contribution in [0.4, 0.5) is 10.8 Å². The SMILES string of the molecule is Cc1c(NC(=O)[C@H](C)Sc2nnc(NCC(C)C)s2)c(=O)n(-c2ccccc2)n1C. The highest BCUT2D eigenvalue weighted by Gasteiger charge is 2.22. The molecule has 3 aromatic rings. The van der Waals surface area contributed by atoms with E-state index in [0.29, 0.717) is 16.0 Å². The molecule has 10 heteroatoms. The molecule has 1 aromatic carbocycles. The second kappa shape index (κ2) is 9.48. The molecule has 3 rings (SSSR count). The summed E-state index contributed by atoms with van der Waals surface area (Å²) >= 11 is 2.74. The predicted octanol–water partition coefficient (Wildman–Crippen LogP) is 3.52. The highest BCUT2D eigenvalue weighted by Crippen LogP contribution is 2.29. The molecule has 0 unspecified atom stereocenters. The van der Waals surface area contributed by atoms with Crippen molar-refractivity contribution in [1.82, 2.24) is 19.6 Å².